The number of benzene rings is 1. The number of rotatable bonds is 7. The van der Waals surface area contributed by atoms with Gasteiger partial charge in [0.05, 0.1) is 17.9 Å². The van der Waals surface area contributed by atoms with E-state index < -0.39 is 0 Å². The highest BCUT2D eigenvalue weighted by molar-refractivity contribution is 5.79. The van der Waals surface area contributed by atoms with Crippen LogP contribution in [0.4, 0.5) is 0 Å². The smallest absolute Gasteiger partial charge is 0.277 e. The molecule has 1 saturated carbocycles. The van der Waals surface area contributed by atoms with Gasteiger partial charge in [-0.3, -0.25) is 9.48 Å². The van der Waals surface area contributed by atoms with E-state index in [-0.39, 0.29) is 5.56 Å². The number of ether oxygens (including phenoxy) is 1. The molecule has 1 aliphatic carbocycles. The van der Waals surface area contributed by atoms with Crippen molar-refractivity contribution in [1.82, 2.24) is 19.7 Å². The van der Waals surface area contributed by atoms with Gasteiger partial charge in [-0.25, -0.2) is 4.98 Å². The molecule has 142 valence electrons. The van der Waals surface area contributed by atoms with Gasteiger partial charge in [0.25, 0.3) is 5.56 Å². The lowest BCUT2D eigenvalue weighted by molar-refractivity contribution is 0.341. The Bertz CT molecular complexity index is 1030. The van der Waals surface area contributed by atoms with E-state index in [1.165, 1.54) is 18.4 Å². The summed E-state index contributed by atoms with van der Waals surface area (Å²) in [5, 5.41) is 4.50. The maximum Gasteiger partial charge on any atom is 0.277 e. The molecule has 0 radical (unpaired) electrons. The van der Waals surface area contributed by atoms with Crippen molar-refractivity contribution in [3.05, 3.63) is 39.8 Å². The molecule has 6 heteroatoms. The minimum atomic E-state index is -0.164. The minimum Gasteiger partial charge on any atom is -0.493 e. The SMILES string of the molecule is CCCc1nn(C)c2c(=O)[nH]c(-c3cc(CC4CC4)ccc3OCC)nc12. The molecule has 1 fully saturated rings. The van der Waals surface area contributed by atoms with Crippen LogP contribution < -0.4 is 10.3 Å². The van der Waals surface area contributed by atoms with E-state index in [4.69, 9.17) is 9.72 Å². The van der Waals surface area contributed by atoms with E-state index in [0.717, 1.165) is 42.2 Å². The van der Waals surface area contributed by atoms with Crippen molar-refractivity contribution in [3.8, 4) is 17.1 Å². The van der Waals surface area contributed by atoms with Gasteiger partial charge < -0.3 is 9.72 Å². The summed E-state index contributed by atoms with van der Waals surface area (Å²) in [5.74, 6) is 2.10. The van der Waals surface area contributed by atoms with Crippen LogP contribution in [0.1, 0.15) is 44.4 Å². The first-order valence-corrected chi connectivity index (χ1v) is 9.82. The number of fused-ring (bicyclic) bond motifs is 1. The highest BCUT2D eigenvalue weighted by Gasteiger charge is 2.23. The molecule has 0 aliphatic heterocycles. The van der Waals surface area contributed by atoms with Gasteiger partial charge in [-0.05, 0) is 56.2 Å². The van der Waals surface area contributed by atoms with Gasteiger partial charge in [-0.1, -0.05) is 19.4 Å². The summed E-state index contributed by atoms with van der Waals surface area (Å²) in [7, 11) is 1.79. The predicted octanol–water partition coefficient (Wildman–Crippen LogP) is 3.63. The zero-order chi connectivity index (χ0) is 19.0. The molecule has 2 aromatic heterocycles. The second-order valence-corrected chi connectivity index (χ2v) is 7.34. The summed E-state index contributed by atoms with van der Waals surface area (Å²) in [4.78, 5) is 20.5. The molecule has 1 N–H and O–H groups in total. The Kier molecular flexibility index (Phi) is 4.72. The lowest BCUT2D eigenvalue weighted by atomic mass is 10.0. The van der Waals surface area contributed by atoms with Gasteiger partial charge in [0.15, 0.2) is 5.52 Å². The van der Waals surface area contributed by atoms with Crippen molar-refractivity contribution < 1.29 is 4.74 Å². The first kappa shape index (κ1) is 17.8. The molecule has 0 amide bonds. The van der Waals surface area contributed by atoms with Crippen LogP contribution in [0.2, 0.25) is 0 Å². The summed E-state index contributed by atoms with van der Waals surface area (Å²) >= 11 is 0. The lowest BCUT2D eigenvalue weighted by Crippen LogP contribution is -2.13. The molecule has 1 aromatic carbocycles. The van der Waals surface area contributed by atoms with E-state index in [1.807, 2.05) is 13.0 Å². The molecule has 27 heavy (non-hydrogen) atoms. The van der Waals surface area contributed by atoms with Crippen molar-refractivity contribution in [2.45, 2.75) is 46.0 Å². The molecule has 0 bridgehead atoms. The predicted molar refractivity (Wildman–Crippen MR) is 106 cm³/mol. The average molecular weight is 366 g/mol. The zero-order valence-electron chi connectivity index (χ0n) is 16.2. The van der Waals surface area contributed by atoms with E-state index >= 15 is 0 Å². The number of hydrogen-bond acceptors (Lipinski definition) is 4. The van der Waals surface area contributed by atoms with Crippen molar-refractivity contribution in [2.24, 2.45) is 13.0 Å². The molecule has 0 unspecified atom stereocenters. The van der Waals surface area contributed by atoms with Crippen LogP contribution >= 0.6 is 0 Å². The molecule has 3 aromatic rings. The van der Waals surface area contributed by atoms with Gasteiger partial charge in [-0.2, -0.15) is 5.10 Å². The second-order valence-electron chi connectivity index (χ2n) is 7.34. The molecule has 1 aliphatic rings. The standard InChI is InChI=1S/C21H26N4O2/c1-4-6-16-18-19(25(3)24-16)21(26)23-20(22-18)15-12-14(11-13-7-8-13)9-10-17(15)27-5-2/h9-10,12-13H,4-8,11H2,1-3H3,(H,22,23,26). The molecular formula is C21H26N4O2. The van der Waals surface area contributed by atoms with Gasteiger partial charge >= 0.3 is 0 Å². The lowest BCUT2D eigenvalue weighted by Gasteiger charge is -2.12. The molecule has 0 atom stereocenters. The summed E-state index contributed by atoms with van der Waals surface area (Å²) in [6.45, 7) is 4.63. The Balaban J connectivity index is 1.87. The molecule has 6 nitrogen and oxygen atoms in total. The Morgan fingerprint density at radius 2 is 2.11 bits per heavy atom. The number of nitrogens with zero attached hydrogens (tertiary/aromatic N) is 3. The van der Waals surface area contributed by atoms with Crippen LogP contribution in [0.3, 0.4) is 0 Å². The van der Waals surface area contributed by atoms with Crippen molar-refractivity contribution in [2.75, 3.05) is 6.61 Å². The number of aryl methyl sites for hydroxylation is 2. The summed E-state index contributed by atoms with van der Waals surface area (Å²) < 4.78 is 7.45. The van der Waals surface area contributed by atoms with E-state index in [1.54, 1.807) is 11.7 Å². The Morgan fingerprint density at radius 3 is 2.81 bits per heavy atom. The van der Waals surface area contributed by atoms with Crippen molar-refractivity contribution >= 4 is 11.0 Å². The average Bonchev–Trinajstić information content (AvgIpc) is 3.40. The highest BCUT2D eigenvalue weighted by Crippen LogP contribution is 2.35. The summed E-state index contributed by atoms with van der Waals surface area (Å²) in [6, 6.07) is 6.23. The molecule has 0 spiro atoms. The first-order chi connectivity index (χ1) is 13.1. The second kappa shape index (κ2) is 7.18. The van der Waals surface area contributed by atoms with Crippen LogP contribution in [0.25, 0.3) is 22.4 Å². The molecule has 4 rings (SSSR count). The fraction of sp³-hybridized carbons (Fsp3) is 0.476. The quantitative estimate of drug-likeness (QED) is 0.693. The van der Waals surface area contributed by atoms with Crippen LogP contribution in [0, 0.1) is 5.92 Å². The third-order valence-corrected chi connectivity index (χ3v) is 5.07. The van der Waals surface area contributed by atoms with Gasteiger partial charge in [0.1, 0.15) is 17.1 Å². The van der Waals surface area contributed by atoms with Crippen LogP contribution in [0.15, 0.2) is 23.0 Å². The zero-order valence-corrected chi connectivity index (χ0v) is 16.2. The third-order valence-electron chi connectivity index (χ3n) is 5.07. The number of nitrogens with one attached hydrogen (secondary N) is 1. The third kappa shape index (κ3) is 3.48. The number of H-pyrrole nitrogens is 1. The van der Waals surface area contributed by atoms with Crippen LogP contribution in [-0.2, 0) is 19.9 Å². The molecule has 0 saturated heterocycles. The number of aromatic nitrogens is 4. The van der Waals surface area contributed by atoms with Gasteiger partial charge in [0, 0.05) is 7.05 Å². The maximum absolute atomic E-state index is 12.8. The van der Waals surface area contributed by atoms with Crippen molar-refractivity contribution in [3.63, 3.8) is 0 Å². The molecule has 2 heterocycles. The highest BCUT2D eigenvalue weighted by atomic mass is 16.5. The fourth-order valence-electron chi connectivity index (χ4n) is 3.61. The Morgan fingerprint density at radius 1 is 1.30 bits per heavy atom. The fourth-order valence-corrected chi connectivity index (χ4v) is 3.61. The number of aromatic amines is 1. The maximum atomic E-state index is 12.8. The first-order valence-electron chi connectivity index (χ1n) is 9.82. The number of hydrogen-bond donors (Lipinski definition) is 1. The van der Waals surface area contributed by atoms with E-state index in [2.05, 4.69) is 29.1 Å². The van der Waals surface area contributed by atoms with E-state index in [0.29, 0.717) is 23.5 Å². The largest absolute Gasteiger partial charge is 0.493 e. The Labute approximate surface area is 158 Å². The van der Waals surface area contributed by atoms with Crippen LogP contribution in [0.5, 0.6) is 5.75 Å². The normalized spacial score (nSPS) is 14.0. The summed E-state index contributed by atoms with van der Waals surface area (Å²) in [6.07, 6.45) is 5.43. The van der Waals surface area contributed by atoms with E-state index in [9.17, 15) is 4.79 Å². The minimum absolute atomic E-state index is 0.164. The van der Waals surface area contributed by atoms with Crippen LogP contribution in [-0.4, -0.2) is 26.4 Å². The summed E-state index contributed by atoms with van der Waals surface area (Å²) in [5.41, 5.74) is 4.03. The molecular weight excluding hydrogens is 340 g/mol. The van der Waals surface area contributed by atoms with Gasteiger partial charge in [-0.15, -0.1) is 0 Å². The Hall–Kier alpha value is -2.63. The monoisotopic (exact) mass is 366 g/mol. The van der Waals surface area contributed by atoms with Crippen molar-refractivity contribution in [1.29, 1.82) is 0 Å². The van der Waals surface area contributed by atoms with Gasteiger partial charge in [0.2, 0.25) is 0 Å². The topological polar surface area (TPSA) is 72.8 Å².